The number of carbonyl (C=O) groups is 1. The molecule has 0 fully saturated rings. The van der Waals surface area contributed by atoms with Gasteiger partial charge in [0, 0.05) is 13.0 Å². The molecular formula is C11H10F2N2O. The SMILES string of the molecule is N#CCCCNC(=O)c1cccc(F)c1F. The van der Waals surface area contributed by atoms with Crippen molar-refractivity contribution in [2.75, 3.05) is 6.54 Å². The van der Waals surface area contributed by atoms with Crippen LogP contribution in [0.25, 0.3) is 0 Å². The number of amides is 1. The summed E-state index contributed by atoms with van der Waals surface area (Å²) in [4.78, 5) is 11.4. The third-order valence-corrected chi connectivity index (χ3v) is 1.95. The van der Waals surface area contributed by atoms with Gasteiger partial charge in [0.15, 0.2) is 11.6 Å². The number of rotatable bonds is 4. The Morgan fingerprint density at radius 1 is 1.44 bits per heavy atom. The Labute approximate surface area is 91.7 Å². The average Bonchev–Trinajstić information content (AvgIpc) is 2.28. The number of hydrogen-bond donors (Lipinski definition) is 1. The van der Waals surface area contributed by atoms with Crippen LogP contribution in [0.15, 0.2) is 18.2 Å². The first kappa shape index (κ1) is 12.1. The van der Waals surface area contributed by atoms with E-state index in [1.165, 1.54) is 12.1 Å². The van der Waals surface area contributed by atoms with Crippen molar-refractivity contribution in [1.29, 1.82) is 5.26 Å². The normalized spacial score (nSPS) is 9.56. The number of nitrogens with one attached hydrogen (secondary N) is 1. The molecular weight excluding hydrogens is 214 g/mol. The number of unbranched alkanes of at least 4 members (excludes halogenated alkanes) is 1. The Morgan fingerprint density at radius 3 is 2.88 bits per heavy atom. The summed E-state index contributed by atoms with van der Waals surface area (Å²) in [6.45, 7) is 0.266. The largest absolute Gasteiger partial charge is 0.352 e. The summed E-state index contributed by atoms with van der Waals surface area (Å²) < 4.78 is 25.9. The molecule has 1 N–H and O–H groups in total. The van der Waals surface area contributed by atoms with Crippen LogP contribution in [-0.2, 0) is 0 Å². The summed E-state index contributed by atoms with van der Waals surface area (Å²) in [6, 6.07) is 5.34. The second-order valence-corrected chi connectivity index (χ2v) is 3.12. The van der Waals surface area contributed by atoms with Crippen molar-refractivity contribution in [3.05, 3.63) is 35.4 Å². The Morgan fingerprint density at radius 2 is 2.19 bits per heavy atom. The Kier molecular flexibility index (Phi) is 4.40. The van der Waals surface area contributed by atoms with Crippen molar-refractivity contribution < 1.29 is 13.6 Å². The van der Waals surface area contributed by atoms with Gasteiger partial charge in [-0.25, -0.2) is 8.78 Å². The molecule has 5 heteroatoms. The Hall–Kier alpha value is -1.96. The predicted molar refractivity (Wildman–Crippen MR) is 53.5 cm³/mol. The second kappa shape index (κ2) is 5.81. The summed E-state index contributed by atoms with van der Waals surface area (Å²) in [5.74, 6) is -2.88. The first-order valence-electron chi connectivity index (χ1n) is 4.76. The molecule has 84 valence electrons. The Balaban J connectivity index is 2.60. The molecule has 1 aromatic carbocycles. The van der Waals surface area contributed by atoms with Crippen molar-refractivity contribution in [3.63, 3.8) is 0 Å². The van der Waals surface area contributed by atoms with Gasteiger partial charge >= 0.3 is 0 Å². The minimum Gasteiger partial charge on any atom is -0.352 e. The van der Waals surface area contributed by atoms with Gasteiger partial charge in [0.2, 0.25) is 0 Å². The van der Waals surface area contributed by atoms with Gasteiger partial charge in [-0.15, -0.1) is 0 Å². The van der Waals surface area contributed by atoms with E-state index in [-0.39, 0.29) is 12.1 Å². The van der Waals surface area contributed by atoms with E-state index < -0.39 is 17.5 Å². The van der Waals surface area contributed by atoms with Gasteiger partial charge < -0.3 is 5.32 Å². The monoisotopic (exact) mass is 224 g/mol. The third-order valence-electron chi connectivity index (χ3n) is 1.95. The van der Waals surface area contributed by atoms with Crippen molar-refractivity contribution in [2.45, 2.75) is 12.8 Å². The minimum absolute atomic E-state index is 0.266. The molecule has 0 saturated carbocycles. The summed E-state index contributed by atoms with van der Waals surface area (Å²) in [7, 11) is 0. The highest BCUT2D eigenvalue weighted by molar-refractivity contribution is 5.94. The molecule has 0 atom stereocenters. The average molecular weight is 224 g/mol. The number of carbonyl (C=O) groups excluding carboxylic acids is 1. The van der Waals surface area contributed by atoms with Crippen molar-refractivity contribution >= 4 is 5.91 Å². The van der Waals surface area contributed by atoms with Crippen LogP contribution in [0.2, 0.25) is 0 Å². The highest BCUT2D eigenvalue weighted by Crippen LogP contribution is 2.10. The van der Waals surface area contributed by atoms with E-state index in [2.05, 4.69) is 5.32 Å². The number of benzene rings is 1. The van der Waals surface area contributed by atoms with Crippen LogP contribution >= 0.6 is 0 Å². The molecule has 0 heterocycles. The molecule has 0 aliphatic rings. The maximum atomic E-state index is 13.1. The first-order valence-corrected chi connectivity index (χ1v) is 4.76. The van der Waals surface area contributed by atoms with Gasteiger partial charge in [-0.2, -0.15) is 5.26 Å². The topological polar surface area (TPSA) is 52.9 Å². The van der Waals surface area contributed by atoms with Gasteiger partial charge in [0.1, 0.15) is 0 Å². The molecule has 0 radical (unpaired) electrons. The zero-order valence-electron chi connectivity index (χ0n) is 8.46. The zero-order chi connectivity index (χ0) is 12.0. The standard InChI is InChI=1S/C11H10F2N2O/c12-9-5-3-4-8(10(9)13)11(16)15-7-2-1-6-14/h3-5H,1-2,7H2,(H,15,16). The van der Waals surface area contributed by atoms with Crippen molar-refractivity contribution in [2.24, 2.45) is 0 Å². The van der Waals surface area contributed by atoms with Gasteiger partial charge in [-0.3, -0.25) is 4.79 Å². The number of nitrogens with zero attached hydrogens (tertiary/aromatic N) is 1. The summed E-state index contributed by atoms with van der Waals surface area (Å²) in [6.07, 6.45) is 0.797. The number of halogens is 2. The minimum atomic E-state index is -1.15. The van der Waals surface area contributed by atoms with Crippen molar-refractivity contribution in [3.8, 4) is 6.07 Å². The van der Waals surface area contributed by atoms with E-state index in [1.54, 1.807) is 0 Å². The van der Waals surface area contributed by atoms with E-state index in [0.29, 0.717) is 12.8 Å². The quantitative estimate of drug-likeness (QED) is 0.795. The lowest BCUT2D eigenvalue weighted by atomic mass is 10.2. The predicted octanol–water partition coefficient (Wildman–Crippen LogP) is 2.00. The van der Waals surface area contributed by atoms with E-state index >= 15 is 0 Å². The lowest BCUT2D eigenvalue weighted by Gasteiger charge is -2.04. The van der Waals surface area contributed by atoms with E-state index in [4.69, 9.17) is 5.26 Å². The molecule has 16 heavy (non-hydrogen) atoms. The lowest BCUT2D eigenvalue weighted by Crippen LogP contribution is -2.25. The van der Waals surface area contributed by atoms with E-state index in [9.17, 15) is 13.6 Å². The second-order valence-electron chi connectivity index (χ2n) is 3.12. The molecule has 1 rings (SSSR count). The first-order chi connectivity index (χ1) is 7.66. The smallest absolute Gasteiger partial charge is 0.254 e. The van der Waals surface area contributed by atoms with Gasteiger partial charge in [-0.1, -0.05) is 6.07 Å². The molecule has 0 saturated heterocycles. The van der Waals surface area contributed by atoms with Crippen LogP contribution in [0.5, 0.6) is 0 Å². The summed E-state index contributed by atoms with van der Waals surface area (Å²) in [5, 5.41) is 10.7. The van der Waals surface area contributed by atoms with Crippen LogP contribution < -0.4 is 5.32 Å². The van der Waals surface area contributed by atoms with Gasteiger partial charge in [0.05, 0.1) is 11.6 Å². The fourth-order valence-electron chi connectivity index (χ4n) is 1.14. The van der Waals surface area contributed by atoms with E-state index in [0.717, 1.165) is 6.07 Å². The van der Waals surface area contributed by atoms with Crippen LogP contribution in [0, 0.1) is 23.0 Å². The molecule has 0 aliphatic heterocycles. The number of hydrogen-bond acceptors (Lipinski definition) is 2. The van der Waals surface area contributed by atoms with Gasteiger partial charge in [-0.05, 0) is 18.6 Å². The van der Waals surface area contributed by atoms with E-state index in [1.807, 2.05) is 6.07 Å². The van der Waals surface area contributed by atoms with Crippen molar-refractivity contribution in [1.82, 2.24) is 5.32 Å². The molecule has 0 unspecified atom stereocenters. The molecule has 0 aliphatic carbocycles. The molecule has 0 aromatic heterocycles. The molecule has 1 amide bonds. The molecule has 1 aromatic rings. The maximum absolute atomic E-state index is 13.1. The maximum Gasteiger partial charge on any atom is 0.254 e. The molecule has 3 nitrogen and oxygen atoms in total. The molecule has 0 spiro atoms. The lowest BCUT2D eigenvalue weighted by molar-refractivity contribution is 0.0948. The summed E-state index contributed by atoms with van der Waals surface area (Å²) >= 11 is 0. The van der Waals surface area contributed by atoms with Crippen LogP contribution in [0.3, 0.4) is 0 Å². The summed E-state index contributed by atoms with van der Waals surface area (Å²) in [5.41, 5.74) is -0.322. The highest BCUT2D eigenvalue weighted by Gasteiger charge is 2.13. The van der Waals surface area contributed by atoms with Gasteiger partial charge in [0.25, 0.3) is 5.91 Å². The zero-order valence-corrected chi connectivity index (χ0v) is 8.46. The number of nitriles is 1. The highest BCUT2D eigenvalue weighted by atomic mass is 19.2. The Bertz CT molecular complexity index is 426. The third kappa shape index (κ3) is 3.02. The van der Waals surface area contributed by atoms with Crippen LogP contribution in [-0.4, -0.2) is 12.5 Å². The fraction of sp³-hybridized carbons (Fsp3) is 0.273. The van der Waals surface area contributed by atoms with Crippen LogP contribution in [0.4, 0.5) is 8.78 Å². The fourth-order valence-corrected chi connectivity index (χ4v) is 1.14. The molecule has 0 bridgehead atoms. The van der Waals surface area contributed by atoms with Crippen LogP contribution in [0.1, 0.15) is 23.2 Å².